The topological polar surface area (TPSA) is 111 Å². The number of anilines is 1. The smallest absolute Gasteiger partial charge is 0.328 e. The maximum atomic E-state index is 12.1. The molecule has 0 bridgehead atoms. The minimum absolute atomic E-state index is 0.130. The normalized spacial score (nSPS) is 17.5. The molecule has 1 aromatic carbocycles. The lowest BCUT2D eigenvalue weighted by atomic mass is 9.99. The fourth-order valence-electron chi connectivity index (χ4n) is 2.59. The number of thioether (sulfide) groups is 1. The average molecular weight is 408 g/mol. The van der Waals surface area contributed by atoms with Crippen molar-refractivity contribution >= 4 is 41.2 Å². The molecule has 0 unspecified atom stereocenters. The molecule has 0 saturated heterocycles. The van der Waals surface area contributed by atoms with Crippen LogP contribution in [-0.4, -0.2) is 48.8 Å². The van der Waals surface area contributed by atoms with Gasteiger partial charge in [-0.05, 0) is 18.1 Å². The van der Waals surface area contributed by atoms with E-state index in [2.05, 4.69) is 10.6 Å². The predicted molar refractivity (Wildman–Crippen MR) is 104 cm³/mol. The van der Waals surface area contributed by atoms with Crippen LogP contribution in [-0.2, 0) is 28.7 Å². The molecule has 3 atom stereocenters. The summed E-state index contributed by atoms with van der Waals surface area (Å²) >= 11 is 1.28. The standard InChI is InChI=1S/C19H24N2O6S/c1-4-11(2)17(19(25)26-3)21-15(22)10-27-16(23)9-14-18(24)20-12-7-5-6-8-13(12)28-14/h5-8,11,14,17H,4,9-10H2,1-3H3,(H,20,24)(H,21,22)/t11-,14-,17+/m1/s1. The van der Waals surface area contributed by atoms with E-state index in [1.165, 1.54) is 18.9 Å². The summed E-state index contributed by atoms with van der Waals surface area (Å²) in [5.74, 6) is -2.24. The Labute approximate surface area is 167 Å². The highest BCUT2D eigenvalue weighted by Gasteiger charge is 2.30. The quantitative estimate of drug-likeness (QED) is 0.630. The van der Waals surface area contributed by atoms with Gasteiger partial charge in [-0.25, -0.2) is 4.79 Å². The Morgan fingerprint density at radius 1 is 1.29 bits per heavy atom. The number of amides is 2. The molecule has 0 aromatic heterocycles. The third-order valence-corrected chi connectivity index (χ3v) is 5.68. The summed E-state index contributed by atoms with van der Waals surface area (Å²) in [5.41, 5.74) is 0.709. The molecule has 8 nitrogen and oxygen atoms in total. The van der Waals surface area contributed by atoms with Crippen LogP contribution in [0.15, 0.2) is 29.2 Å². The molecule has 2 amide bonds. The van der Waals surface area contributed by atoms with E-state index in [1.54, 1.807) is 6.07 Å². The lowest BCUT2D eigenvalue weighted by Crippen LogP contribution is -2.47. The first-order chi connectivity index (χ1) is 13.3. The van der Waals surface area contributed by atoms with E-state index in [-0.39, 0.29) is 18.2 Å². The van der Waals surface area contributed by atoms with Crippen molar-refractivity contribution in [2.75, 3.05) is 19.0 Å². The van der Waals surface area contributed by atoms with Gasteiger partial charge >= 0.3 is 11.9 Å². The summed E-state index contributed by atoms with van der Waals surface area (Å²) < 4.78 is 9.67. The van der Waals surface area contributed by atoms with Crippen LogP contribution in [0.1, 0.15) is 26.7 Å². The van der Waals surface area contributed by atoms with E-state index in [4.69, 9.17) is 9.47 Å². The number of nitrogens with one attached hydrogen (secondary N) is 2. The van der Waals surface area contributed by atoms with Crippen molar-refractivity contribution in [3.05, 3.63) is 24.3 Å². The third kappa shape index (κ3) is 5.72. The molecule has 0 aliphatic carbocycles. The van der Waals surface area contributed by atoms with E-state index in [1.807, 2.05) is 32.0 Å². The molecule has 1 aliphatic heterocycles. The number of rotatable bonds is 8. The van der Waals surface area contributed by atoms with Crippen molar-refractivity contribution in [1.82, 2.24) is 5.32 Å². The Bertz CT molecular complexity index is 754. The molecule has 1 heterocycles. The lowest BCUT2D eigenvalue weighted by Gasteiger charge is -2.23. The van der Waals surface area contributed by atoms with Gasteiger partial charge in [0, 0.05) is 4.90 Å². The van der Waals surface area contributed by atoms with Gasteiger partial charge in [0.2, 0.25) is 5.91 Å². The fraction of sp³-hybridized carbons (Fsp3) is 0.474. The van der Waals surface area contributed by atoms with Gasteiger partial charge in [0.15, 0.2) is 6.61 Å². The summed E-state index contributed by atoms with van der Waals surface area (Å²) in [6.07, 6.45) is 0.499. The summed E-state index contributed by atoms with van der Waals surface area (Å²) in [7, 11) is 1.24. The Morgan fingerprint density at radius 2 is 2.00 bits per heavy atom. The number of hydrogen-bond donors (Lipinski definition) is 2. The van der Waals surface area contributed by atoms with Crippen LogP contribution < -0.4 is 10.6 Å². The second-order valence-electron chi connectivity index (χ2n) is 6.41. The van der Waals surface area contributed by atoms with Gasteiger partial charge in [0.25, 0.3) is 5.91 Å². The molecular formula is C19H24N2O6S. The third-order valence-electron chi connectivity index (χ3n) is 4.41. The van der Waals surface area contributed by atoms with Crippen LogP contribution in [0.25, 0.3) is 0 Å². The molecule has 9 heteroatoms. The number of esters is 2. The van der Waals surface area contributed by atoms with Crippen molar-refractivity contribution in [2.24, 2.45) is 5.92 Å². The molecule has 0 fully saturated rings. The van der Waals surface area contributed by atoms with Crippen molar-refractivity contribution in [3.63, 3.8) is 0 Å². The van der Waals surface area contributed by atoms with Crippen LogP contribution >= 0.6 is 11.8 Å². The number of benzene rings is 1. The van der Waals surface area contributed by atoms with E-state index in [0.717, 1.165) is 4.90 Å². The molecule has 0 spiro atoms. The van der Waals surface area contributed by atoms with Crippen LogP contribution in [0, 0.1) is 5.92 Å². The molecule has 28 heavy (non-hydrogen) atoms. The van der Waals surface area contributed by atoms with Crippen molar-refractivity contribution < 1.29 is 28.7 Å². The molecule has 2 rings (SSSR count). The van der Waals surface area contributed by atoms with Gasteiger partial charge in [-0.15, -0.1) is 11.8 Å². The Morgan fingerprint density at radius 3 is 2.68 bits per heavy atom. The Balaban J connectivity index is 1.84. The van der Waals surface area contributed by atoms with E-state index >= 15 is 0 Å². The first kappa shape index (κ1) is 21.7. The van der Waals surface area contributed by atoms with Gasteiger partial charge in [-0.1, -0.05) is 32.4 Å². The fourth-order valence-corrected chi connectivity index (χ4v) is 3.69. The Hall–Kier alpha value is -2.55. The zero-order chi connectivity index (χ0) is 20.7. The number of carbonyl (C=O) groups is 4. The number of ether oxygens (including phenoxy) is 2. The van der Waals surface area contributed by atoms with Crippen molar-refractivity contribution in [2.45, 2.75) is 42.9 Å². The minimum atomic E-state index is -0.808. The maximum absolute atomic E-state index is 12.1. The largest absolute Gasteiger partial charge is 0.467 e. The van der Waals surface area contributed by atoms with Gasteiger partial charge in [-0.2, -0.15) is 0 Å². The molecule has 1 aliphatic rings. The van der Waals surface area contributed by atoms with E-state index in [9.17, 15) is 19.2 Å². The Kier molecular flexibility index (Phi) is 7.86. The van der Waals surface area contributed by atoms with Gasteiger partial charge in [0.05, 0.1) is 24.5 Å². The second kappa shape index (κ2) is 10.1. The number of hydrogen-bond acceptors (Lipinski definition) is 7. The van der Waals surface area contributed by atoms with E-state index < -0.39 is 35.7 Å². The first-order valence-electron chi connectivity index (χ1n) is 8.95. The molecule has 0 radical (unpaired) electrons. The SMILES string of the molecule is CC[C@@H](C)[C@H](NC(=O)COC(=O)C[C@H]1Sc2ccccc2NC1=O)C(=O)OC. The van der Waals surface area contributed by atoms with Gasteiger partial charge in [0.1, 0.15) is 6.04 Å². The van der Waals surface area contributed by atoms with Gasteiger partial charge < -0.3 is 20.1 Å². The van der Waals surface area contributed by atoms with Crippen LogP contribution in [0.5, 0.6) is 0 Å². The predicted octanol–water partition coefficient (Wildman–Crippen LogP) is 1.74. The molecule has 1 aromatic rings. The molecule has 0 saturated carbocycles. The number of carbonyl (C=O) groups excluding carboxylic acids is 4. The zero-order valence-corrected chi connectivity index (χ0v) is 16.8. The monoisotopic (exact) mass is 408 g/mol. The second-order valence-corrected chi connectivity index (χ2v) is 7.66. The molecular weight excluding hydrogens is 384 g/mol. The highest BCUT2D eigenvalue weighted by atomic mass is 32.2. The van der Waals surface area contributed by atoms with Crippen molar-refractivity contribution in [1.29, 1.82) is 0 Å². The molecule has 2 N–H and O–H groups in total. The van der Waals surface area contributed by atoms with Crippen LogP contribution in [0.2, 0.25) is 0 Å². The molecule has 152 valence electrons. The van der Waals surface area contributed by atoms with Crippen molar-refractivity contribution in [3.8, 4) is 0 Å². The van der Waals surface area contributed by atoms with E-state index in [0.29, 0.717) is 12.1 Å². The van der Waals surface area contributed by atoms with Crippen LogP contribution in [0.3, 0.4) is 0 Å². The van der Waals surface area contributed by atoms with Gasteiger partial charge in [-0.3, -0.25) is 14.4 Å². The maximum Gasteiger partial charge on any atom is 0.328 e. The lowest BCUT2D eigenvalue weighted by molar-refractivity contribution is -0.151. The number of para-hydroxylation sites is 1. The number of methoxy groups -OCH3 is 1. The highest BCUT2D eigenvalue weighted by Crippen LogP contribution is 2.36. The summed E-state index contributed by atoms with van der Waals surface area (Å²) in [6.45, 7) is 3.17. The first-order valence-corrected chi connectivity index (χ1v) is 9.83. The minimum Gasteiger partial charge on any atom is -0.467 e. The average Bonchev–Trinajstić information content (AvgIpc) is 2.69. The summed E-state index contributed by atoms with van der Waals surface area (Å²) in [5, 5.41) is 4.64. The summed E-state index contributed by atoms with van der Waals surface area (Å²) in [4.78, 5) is 48.9. The highest BCUT2D eigenvalue weighted by molar-refractivity contribution is 8.01. The summed E-state index contributed by atoms with van der Waals surface area (Å²) in [6, 6.07) is 6.49. The van der Waals surface area contributed by atoms with Crippen LogP contribution in [0.4, 0.5) is 5.69 Å². The zero-order valence-electron chi connectivity index (χ0n) is 16.0. The number of fused-ring (bicyclic) bond motifs is 1.